The summed E-state index contributed by atoms with van der Waals surface area (Å²) >= 11 is 0. The van der Waals surface area contributed by atoms with Crippen molar-refractivity contribution in [1.29, 1.82) is 5.41 Å². The molecule has 0 atom stereocenters. The lowest BCUT2D eigenvalue weighted by Gasteiger charge is -2.23. The number of aryl methyl sites for hydroxylation is 2. The number of nitrogen functional groups attached to an aromatic ring is 1. The highest BCUT2D eigenvalue weighted by molar-refractivity contribution is 5.82. The maximum absolute atomic E-state index is 12.4. The zero-order chi connectivity index (χ0) is 26.8. The van der Waals surface area contributed by atoms with E-state index < -0.39 is 5.97 Å². The molecule has 2 aromatic heterocycles. The van der Waals surface area contributed by atoms with E-state index in [9.17, 15) is 9.59 Å². The van der Waals surface area contributed by atoms with Crippen LogP contribution in [0.3, 0.4) is 0 Å². The van der Waals surface area contributed by atoms with E-state index in [1.165, 1.54) is 16.6 Å². The molecule has 11 nitrogen and oxygen atoms in total. The van der Waals surface area contributed by atoms with Crippen LogP contribution in [0.4, 0.5) is 11.5 Å². The molecule has 0 spiro atoms. The van der Waals surface area contributed by atoms with Crippen molar-refractivity contribution in [2.45, 2.75) is 51.9 Å². The molecular formula is C26H39N8O3+. The first-order valence-electron chi connectivity index (χ1n) is 12.8. The predicted molar refractivity (Wildman–Crippen MR) is 141 cm³/mol. The topological polar surface area (TPSA) is 141 Å². The summed E-state index contributed by atoms with van der Waals surface area (Å²) in [6.07, 6.45) is 8.15. The Labute approximate surface area is 218 Å². The van der Waals surface area contributed by atoms with Gasteiger partial charge < -0.3 is 21.4 Å². The number of carbonyl (C=O) groups is 2. The zero-order valence-corrected chi connectivity index (χ0v) is 22.1. The Morgan fingerprint density at radius 3 is 2.78 bits per heavy atom. The Kier molecular flexibility index (Phi) is 10.3. The summed E-state index contributed by atoms with van der Waals surface area (Å²) in [6.45, 7) is 4.35. The fraction of sp³-hybridized carbons (Fsp3) is 0.538. The lowest BCUT2D eigenvalue weighted by molar-refractivity contribution is -0.875. The van der Waals surface area contributed by atoms with Gasteiger partial charge in [0.1, 0.15) is 11.5 Å². The number of hydrogen-bond donors (Lipinski definition) is 3. The summed E-state index contributed by atoms with van der Waals surface area (Å²) in [5.41, 5.74) is 9.43. The van der Waals surface area contributed by atoms with Crippen LogP contribution in [0.5, 0.6) is 0 Å². The predicted octanol–water partition coefficient (Wildman–Crippen LogP) is 1.16. The van der Waals surface area contributed by atoms with Gasteiger partial charge in [0, 0.05) is 33.3 Å². The number of aromatic nitrogens is 3. The average Bonchev–Trinajstić information content (AvgIpc) is 2.89. The van der Waals surface area contributed by atoms with Gasteiger partial charge in [-0.05, 0) is 73.0 Å². The molecule has 200 valence electrons. The third-order valence-electron chi connectivity index (χ3n) is 6.46. The third kappa shape index (κ3) is 8.21. The second-order valence-electron chi connectivity index (χ2n) is 9.53. The van der Waals surface area contributed by atoms with Gasteiger partial charge >= 0.3 is 12.3 Å². The SMILES string of the molecule is Cc1c(N)c(C=N)nc[n+]1OC(=O)CCCN(CCCCc1ccc2c(n1)NCCC2)CC(=O)N(C)C. The molecule has 0 aliphatic carbocycles. The van der Waals surface area contributed by atoms with Crippen LogP contribution in [0.1, 0.15) is 54.7 Å². The van der Waals surface area contributed by atoms with Crippen molar-refractivity contribution in [3.8, 4) is 0 Å². The van der Waals surface area contributed by atoms with E-state index >= 15 is 0 Å². The number of nitrogens with two attached hydrogens (primary N) is 1. The van der Waals surface area contributed by atoms with Crippen molar-refractivity contribution < 1.29 is 19.2 Å². The van der Waals surface area contributed by atoms with Gasteiger partial charge in [0.2, 0.25) is 11.6 Å². The molecule has 3 rings (SSSR count). The van der Waals surface area contributed by atoms with Gasteiger partial charge in [-0.3, -0.25) is 14.5 Å². The summed E-state index contributed by atoms with van der Waals surface area (Å²) in [6, 6.07) is 4.30. The van der Waals surface area contributed by atoms with E-state index in [-0.39, 0.29) is 12.3 Å². The second kappa shape index (κ2) is 13.6. The van der Waals surface area contributed by atoms with Crippen LogP contribution < -0.4 is 20.6 Å². The smallest absolute Gasteiger partial charge is 0.358 e. The van der Waals surface area contributed by atoms with Crippen molar-refractivity contribution in [2.75, 3.05) is 51.3 Å². The Hall–Kier alpha value is -3.60. The summed E-state index contributed by atoms with van der Waals surface area (Å²) in [4.78, 5) is 42.6. The number of hydrogen-bond acceptors (Lipinski definition) is 9. The molecular weight excluding hydrogens is 472 g/mol. The van der Waals surface area contributed by atoms with Crippen LogP contribution in [0, 0.1) is 12.3 Å². The van der Waals surface area contributed by atoms with E-state index in [1.54, 1.807) is 25.9 Å². The second-order valence-corrected chi connectivity index (χ2v) is 9.53. The standard InChI is InChI=1S/C26H39N8O3/c1-19-25(28)22(16-27)30-18-34(19)37-24(36)10-7-15-33(17-23(35)32(2)3)14-5-4-9-21-12-11-20-8-6-13-29-26(20)31-21/h11-12,16,18,27H,4-10,13-15,17,28H2,1-3H3,(H,29,31)/q+1. The highest BCUT2D eigenvalue weighted by Gasteiger charge is 2.19. The molecule has 1 aliphatic heterocycles. The first-order valence-corrected chi connectivity index (χ1v) is 12.8. The van der Waals surface area contributed by atoms with Gasteiger partial charge in [-0.1, -0.05) is 6.07 Å². The monoisotopic (exact) mass is 511 g/mol. The summed E-state index contributed by atoms with van der Waals surface area (Å²) in [5, 5.41) is 10.7. The number of anilines is 2. The molecule has 0 aromatic carbocycles. The molecule has 0 fully saturated rings. The van der Waals surface area contributed by atoms with Gasteiger partial charge in [0.15, 0.2) is 5.69 Å². The van der Waals surface area contributed by atoms with Crippen molar-refractivity contribution in [1.82, 2.24) is 19.8 Å². The van der Waals surface area contributed by atoms with Gasteiger partial charge in [-0.25, -0.2) is 9.78 Å². The van der Waals surface area contributed by atoms with E-state index in [2.05, 4.69) is 27.3 Å². The van der Waals surface area contributed by atoms with Crippen molar-refractivity contribution in [3.63, 3.8) is 0 Å². The number of amides is 1. The van der Waals surface area contributed by atoms with Gasteiger partial charge in [-0.15, -0.1) is 0 Å². The fourth-order valence-corrected chi connectivity index (χ4v) is 4.14. The minimum Gasteiger partial charge on any atom is -0.392 e. The van der Waals surface area contributed by atoms with Gasteiger partial charge in [-0.2, -0.15) is 0 Å². The summed E-state index contributed by atoms with van der Waals surface area (Å²) in [5.74, 6) is 0.637. The van der Waals surface area contributed by atoms with E-state index in [0.717, 1.165) is 62.9 Å². The highest BCUT2D eigenvalue weighted by Crippen LogP contribution is 2.20. The van der Waals surface area contributed by atoms with Crippen molar-refractivity contribution in [2.24, 2.45) is 0 Å². The molecule has 0 unspecified atom stereocenters. The lowest BCUT2D eigenvalue weighted by Crippen LogP contribution is -2.49. The molecule has 0 bridgehead atoms. The van der Waals surface area contributed by atoms with Crippen molar-refractivity contribution in [3.05, 3.63) is 41.1 Å². The number of carbonyl (C=O) groups excluding carboxylic acids is 2. The summed E-state index contributed by atoms with van der Waals surface area (Å²) in [7, 11) is 3.49. The minimum atomic E-state index is -0.414. The Balaban J connectivity index is 1.46. The number of fused-ring (bicyclic) bond motifs is 1. The fourth-order valence-electron chi connectivity index (χ4n) is 4.14. The minimum absolute atomic E-state index is 0.0315. The van der Waals surface area contributed by atoms with Crippen LogP contribution in [-0.2, 0) is 22.4 Å². The molecule has 3 heterocycles. The van der Waals surface area contributed by atoms with Crippen LogP contribution in [0.15, 0.2) is 18.5 Å². The summed E-state index contributed by atoms with van der Waals surface area (Å²) < 4.78 is 1.22. The maximum Gasteiger partial charge on any atom is 0.358 e. The largest absolute Gasteiger partial charge is 0.392 e. The van der Waals surface area contributed by atoms with Crippen LogP contribution in [0.2, 0.25) is 0 Å². The number of rotatable bonds is 13. The van der Waals surface area contributed by atoms with Crippen molar-refractivity contribution >= 4 is 29.6 Å². The number of nitrogens with zero attached hydrogens (tertiary/aromatic N) is 5. The normalized spacial score (nSPS) is 12.5. The van der Waals surface area contributed by atoms with Gasteiger partial charge in [0.25, 0.3) is 0 Å². The molecule has 0 saturated heterocycles. The highest BCUT2D eigenvalue weighted by atomic mass is 16.7. The van der Waals surface area contributed by atoms with Crippen LogP contribution >= 0.6 is 0 Å². The Morgan fingerprint density at radius 1 is 1.24 bits per heavy atom. The van der Waals surface area contributed by atoms with Gasteiger partial charge in [0.05, 0.1) is 19.2 Å². The molecule has 4 N–H and O–H groups in total. The molecule has 0 saturated carbocycles. The number of likely N-dealkylation sites (N-methyl/N-ethyl adjacent to an activating group) is 1. The van der Waals surface area contributed by atoms with Crippen LogP contribution in [0.25, 0.3) is 0 Å². The number of nitrogens with one attached hydrogen (secondary N) is 2. The van der Waals surface area contributed by atoms with E-state index in [0.29, 0.717) is 36.6 Å². The first-order chi connectivity index (χ1) is 17.8. The zero-order valence-electron chi connectivity index (χ0n) is 22.1. The Morgan fingerprint density at radius 2 is 2.03 bits per heavy atom. The molecule has 2 aromatic rings. The maximum atomic E-state index is 12.4. The molecule has 0 radical (unpaired) electrons. The van der Waals surface area contributed by atoms with E-state index in [4.69, 9.17) is 21.0 Å². The molecule has 1 aliphatic rings. The number of pyridine rings is 1. The number of unbranched alkanes of at least 4 members (excludes halogenated alkanes) is 1. The first kappa shape index (κ1) is 28.0. The average molecular weight is 512 g/mol. The Bertz CT molecular complexity index is 1110. The third-order valence-corrected chi connectivity index (χ3v) is 6.46. The molecule has 11 heteroatoms. The molecule has 37 heavy (non-hydrogen) atoms. The van der Waals surface area contributed by atoms with Crippen LogP contribution in [-0.4, -0.2) is 78.1 Å². The quantitative estimate of drug-likeness (QED) is 0.207. The van der Waals surface area contributed by atoms with E-state index in [1.807, 2.05) is 0 Å². The lowest BCUT2D eigenvalue weighted by atomic mass is 10.1. The molecule has 1 amide bonds.